The Morgan fingerprint density at radius 2 is 1.93 bits per heavy atom. The fraction of sp³-hybridized carbons (Fsp3) is 0.833. The Labute approximate surface area is 88.4 Å². The van der Waals surface area contributed by atoms with E-state index in [4.69, 9.17) is 0 Å². The van der Waals surface area contributed by atoms with Gasteiger partial charge in [0.2, 0.25) is 0 Å². The van der Waals surface area contributed by atoms with Gasteiger partial charge in [0.25, 0.3) is 0 Å². The van der Waals surface area contributed by atoms with Gasteiger partial charge in [-0.15, -0.1) is 0 Å². The van der Waals surface area contributed by atoms with Crippen LogP contribution >= 0.6 is 0 Å². The van der Waals surface area contributed by atoms with Crippen LogP contribution in [0.25, 0.3) is 0 Å². The molecule has 1 N–H and O–H groups in total. The van der Waals surface area contributed by atoms with Gasteiger partial charge in [-0.25, -0.2) is 0 Å². The van der Waals surface area contributed by atoms with Crippen molar-refractivity contribution < 1.29 is 0 Å². The van der Waals surface area contributed by atoms with Crippen LogP contribution in [0, 0.1) is 5.92 Å². The van der Waals surface area contributed by atoms with Gasteiger partial charge in [0.15, 0.2) is 0 Å². The van der Waals surface area contributed by atoms with E-state index in [2.05, 4.69) is 30.6 Å². The molecule has 0 aromatic carbocycles. The minimum atomic E-state index is 0.552. The average Bonchev–Trinajstić information content (AvgIpc) is 2.19. The normalized spacial score (nSPS) is 18.5. The summed E-state index contributed by atoms with van der Waals surface area (Å²) in [6, 6.07) is 0. The summed E-state index contributed by atoms with van der Waals surface area (Å²) in [6.45, 7) is 13.2. The first-order valence-electron chi connectivity index (χ1n) is 5.85. The smallest absolute Gasteiger partial charge is 0.0271 e. The Hall–Kier alpha value is -0.500. The van der Waals surface area contributed by atoms with Crippen LogP contribution < -0.4 is 5.32 Å². The highest BCUT2D eigenvalue weighted by molar-refractivity contribution is 4.94. The van der Waals surface area contributed by atoms with Crippen molar-refractivity contribution in [2.24, 2.45) is 5.92 Å². The van der Waals surface area contributed by atoms with Gasteiger partial charge in [0.05, 0.1) is 0 Å². The molecular weight excluding hydrogens is 172 g/mol. The quantitative estimate of drug-likeness (QED) is 0.725. The molecule has 0 atom stereocenters. The van der Waals surface area contributed by atoms with Crippen LogP contribution in [-0.4, -0.2) is 31.1 Å². The van der Waals surface area contributed by atoms with E-state index in [1.54, 1.807) is 0 Å². The molecule has 2 nitrogen and oxygen atoms in total. The summed E-state index contributed by atoms with van der Waals surface area (Å²) in [5.74, 6) is 0.552. The van der Waals surface area contributed by atoms with E-state index in [-0.39, 0.29) is 0 Å². The predicted molar refractivity (Wildman–Crippen MR) is 62.3 cm³/mol. The molecule has 14 heavy (non-hydrogen) atoms. The molecule has 0 bridgehead atoms. The van der Waals surface area contributed by atoms with E-state index in [0.717, 1.165) is 6.54 Å². The number of hydrogen-bond donors (Lipinski definition) is 1. The molecule has 1 aliphatic rings. The molecule has 1 aliphatic heterocycles. The zero-order valence-electron chi connectivity index (χ0n) is 9.68. The van der Waals surface area contributed by atoms with Crippen LogP contribution in [0.3, 0.4) is 0 Å². The Balaban J connectivity index is 2.05. The highest BCUT2D eigenvalue weighted by atomic mass is 15.1. The second-order valence-electron chi connectivity index (χ2n) is 4.51. The number of nitrogens with zero attached hydrogens (tertiary/aromatic N) is 1. The minimum absolute atomic E-state index is 0.552. The van der Waals surface area contributed by atoms with Gasteiger partial charge >= 0.3 is 0 Å². The molecule has 0 saturated carbocycles. The molecule has 0 aliphatic carbocycles. The Morgan fingerprint density at radius 3 is 2.50 bits per heavy atom. The first-order valence-corrected chi connectivity index (χ1v) is 5.85. The van der Waals surface area contributed by atoms with E-state index >= 15 is 0 Å². The zero-order chi connectivity index (χ0) is 10.4. The van der Waals surface area contributed by atoms with Crippen LogP contribution in [0.5, 0.6) is 0 Å². The van der Waals surface area contributed by atoms with Gasteiger partial charge in [-0.05, 0) is 31.8 Å². The lowest BCUT2D eigenvalue weighted by molar-refractivity contribution is 0.230. The van der Waals surface area contributed by atoms with Crippen LogP contribution in [0.15, 0.2) is 12.3 Å². The third kappa shape index (κ3) is 4.14. The molecular formula is C12H24N2. The molecule has 0 amide bonds. The van der Waals surface area contributed by atoms with Gasteiger partial charge in [-0.1, -0.05) is 26.8 Å². The van der Waals surface area contributed by atoms with Gasteiger partial charge in [0, 0.05) is 18.8 Å². The van der Waals surface area contributed by atoms with Crippen molar-refractivity contribution in [1.29, 1.82) is 0 Å². The summed E-state index contributed by atoms with van der Waals surface area (Å²) in [7, 11) is 0. The molecule has 1 saturated heterocycles. The third-order valence-electron chi connectivity index (χ3n) is 2.93. The first-order chi connectivity index (χ1) is 6.70. The van der Waals surface area contributed by atoms with Crippen LogP contribution in [0.2, 0.25) is 0 Å². The lowest BCUT2D eigenvalue weighted by Crippen LogP contribution is -2.35. The van der Waals surface area contributed by atoms with E-state index < -0.39 is 0 Å². The van der Waals surface area contributed by atoms with Crippen LogP contribution in [0.4, 0.5) is 0 Å². The molecule has 0 aromatic rings. The second kappa shape index (κ2) is 6.07. The summed E-state index contributed by atoms with van der Waals surface area (Å²) >= 11 is 0. The maximum atomic E-state index is 4.01. The fourth-order valence-electron chi connectivity index (χ4n) is 1.76. The highest BCUT2D eigenvalue weighted by Gasteiger charge is 2.09. The maximum Gasteiger partial charge on any atom is 0.0271 e. The number of hydrogen-bond acceptors (Lipinski definition) is 2. The molecule has 0 spiro atoms. The molecule has 1 fully saturated rings. The van der Waals surface area contributed by atoms with Crippen molar-refractivity contribution in [1.82, 2.24) is 10.2 Å². The number of piperidine rings is 1. The molecule has 82 valence electrons. The highest BCUT2D eigenvalue weighted by Crippen LogP contribution is 2.07. The molecule has 0 unspecified atom stereocenters. The summed E-state index contributed by atoms with van der Waals surface area (Å²) in [5.41, 5.74) is 1.17. The number of allylic oxidation sites excluding steroid dienone is 1. The summed E-state index contributed by atoms with van der Waals surface area (Å²) in [4.78, 5) is 2.55. The van der Waals surface area contributed by atoms with Gasteiger partial charge in [-0.2, -0.15) is 0 Å². The van der Waals surface area contributed by atoms with E-state index in [0.29, 0.717) is 5.92 Å². The summed E-state index contributed by atoms with van der Waals surface area (Å²) in [5, 5.41) is 3.39. The lowest BCUT2D eigenvalue weighted by Gasteiger charge is -2.27. The van der Waals surface area contributed by atoms with Crippen molar-refractivity contribution in [3.63, 3.8) is 0 Å². The summed E-state index contributed by atoms with van der Waals surface area (Å²) in [6.07, 6.45) is 4.18. The maximum absolute atomic E-state index is 4.01. The molecule has 0 radical (unpaired) electrons. The SMILES string of the molecule is C=C(NCCN1CCCCC1)C(C)C. The van der Waals surface area contributed by atoms with Gasteiger partial charge < -0.3 is 10.2 Å². The zero-order valence-corrected chi connectivity index (χ0v) is 9.68. The van der Waals surface area contributed by atoms with Crippen molar-refractivity contribution >= 4 is 0 Å². The Morgan fingerprint density at radius 1 is 1.29 bits per heavy atom. The van der Waals surface area contributed by atoms with E-state index in [1.807, 2.05) is 0 Å². The van der Waals surface area contributed by atoms with Crippen molar-refractivity contribution in [3.8, 4) is 0 Å². The van der Waals surface area contributed by atoms with Gasteiger partial charge in [0.1, 0.15) is 0 Å². The molecule has 1 heterocycles. The molecule has 1 rings (SSSR count). The predicted octanol–water partition coefficient (Wildman–Crippen LogP) is 2.23. The number of likely N-dealkylation sites (tertiary alicyclic amines) is 1. The van der Waals surface area contributed by atoms with Crippen LogP contribution in [-0.2, 0) is 0 Å². The fourth-order valence-corrected chi connectivity index (χ4v) is 1.76. The largest absolute Gasteiger partial charge is 0.387 e. The van der Waals surface area contributed by atoms with Crippen molar-refractivity contribution in [2.45, 2.75) is 33.1 Å². The van der Waals surface area contributed by atoms with E-state index in [1.165, 1.54) is 44.6 Å². The second-order valence-corrected chi connectivity index (χ2v) is 4.51. The minimum Gasteiger partial charge on any atom is -0.387 e. The standard InChI is InChI=1S/C12H24N2/c1-11(2)12(3)13-7-10-14-8-5-4-6-9-14/h11,13H,3-10H2,1-2H3. The molecule has 0 aromatic heterocycles. The van der Waals surface area contributed by atoms with Crippen molar-refractivity contribution in [2.75, 3.05) is 26.2 Å². The summed E-state index contributed by atoms with van der Waals surface area (Å²) < 4.78 is 0. The third-order valence-corrected chi connectivity index (χ3v) is 2.93. The van der Waals surface area contributed by atoms with Crippen molar-refractivity contribution in [3.05, 3.63) is 12.3 Å². The monoisotopic (exact) mass is 196 g/mol. The van der Waals surface area contributed by atoms with Gasteiger partial charge in [-0.3, -0.25) is 0 Å². The van der Waals surface area contributed by atoms with Crippen LogP contribution in [0.1, 0.15) is 33.1 Å². The average molecular weight is 196 g/mol. The van der Waals surface area contributed by atoms with E-state index in [9.17, 15) is 0 Å². The topological polar surface area (TPSA) is 15.3 Å². The molecule has 2 heteroatoms. The Bertz CT molecular complexity index is 169. The lowest BCUT2D eigenvalue weighted by atomic mass is 10.1. The number of nitrogens with one attached hydrogen (secondary N) is 1. The Kier molecular flexibility index (Phi) is 5.02. The first kappa shape index (κ1) is 11.6. The number of rotatable bonds is 5.